The number of anilines is 1. The lowest BCUT2D eigenvalue weighted by Gasteiger charge is -2.37. The Morgan fingerprint density at radius 3 is 2.33 bits per heavy atom. The van der Waals surface area contributed by atoms with Gasteiger partial charge >= 0.3 is 11.9 Å². The highest BCUT2D eigenvalue weighted by Gasteiger charge is 2.57. The lowest BCUT2D eigenvalue weighted by Crippen LogP contribution is -2.60. The van der Waals surface area contributed by atoms with Crippen LogP contribution < -0.4 is 15.6 Å². The second kappa shape index (κ2) is 11.1. The van der Waals surface area contributed by atoms with Crippen LogP contribution in [0.5, 0.6) is 0 Å². The fourth-order valence-corrected chi connectivity index (χ4v) is 5.91. The number of carboxylic acids is 1. The van der Waals surface area contributed by atoms with E-state index in [-0.39, 0.29) is 35.2 Å². The predicted octanol–water partition coefficient (Wildman–Crippen LogP) is -0.577. The van der Waals surface area contributed by atoms with Crippen molar-refractivity contribution in [1.82, 2.24) is 14.9 Å². The molecule has 5 N–H and O–H groups in total. The number of aromatic nitrogens is 2. The van der Waals surface area contributed by atoms with Crippen LogP contribution in [-0.2, 0) is 19.1 Å². The van der Waals surface area contributed by atoms with Gasteiger partial charge in [0.05, 0.1) is 11.1 Å². The largest absolute Gasteiger partial charge is 0.479 e. The number of hydrogen-bond acceptors (Lipinski definition) is 11. The van der Waals surface area contributed by atoms with E-state index in [1.165, 1.54) is 6.92 Å². The fourth-order valence-electron chi connectivity index (χ4n) is 5.91. The number of piperidine rings is 1. The van der Waals surface area contributed by atoms with Gasteiger partial charge in [-0.1, -0.05) is 0 Å². The molecule has 1 amide bonds. The van der Waals surface area contributed by atoms with Crippen molar-refractivity contribution in [3.8, 4) is 5.69 Å². The lowest BCUT2D eigenvalue weighted by molar-refractivity contribution is -0.278. The van der Waals surface area contributed by atoms with Gasteiger partial charge < -0.3 is 40.1 Å². The number of amides is 1. The quantitative estimate of drug-likeness (QED) is 0.217. The third-order valence-electron chi connectivity index (χ3n) is 8.20. The third kappa shape index (κ3) is 5.26. The van der Waals surface area contributed by atoms with Crippen molar-refractivity contribution in [3.05, 3.63) is 63.7 Å². The number of benzene rings is 1. The number of aliphatic hydroxyl groups is 3. The summed E-state index contributed by atoms with van der Waals surface area (Å²) in [6.45, 7) is 2.04. The van der Waals surface area contributed by atoms with Gasteiger partial charge in [-0.15, -0.1) is 0 Å². The van der Waals surface area contributed by atoms with Crippen LogP contribution in [0.25, 0.3) is 16.7 Å². The Morgan fingerprint density at radius 2 is 1.71 bits per heavy atom. The van der Waals surface area contributed by atoms with E-state index in [2.05, 4.69) is 10.3 Å². The Balaban J connectivity index is 1.40. The van der Waals surface area contributed by atoms with Crippen LogP contribution in [0.4, 0.5) is 19.0 Å². The lowest BCUT2D eigenvalue weighted by atomic mass is 9.99. The first-order valence-electron chi connectivity index (χ1n) is 13.6. The zero-order chi connectivity index (χ0) is 32.5. The minimum Gasteiger partial charge on any atom is -0.479 e. The van der Waals surface area contributed by atoms with Crippen molar-refractivity contribution in [2.45, 2.75) is 43.7 Å². The molecule has 2 aromatic heterocycles. The van der Waals surface area contributed by atoms with Crippen molar-refractivity contribution in [2.24, 2.45) is 11.8 Å². The number of pyridine rings is 2. The highest BCUT2D eigenvalue weighted by Crippen LogP contribution is 2.47. The number of carbonyl (C=O) groups is 3. The number of hydrogen-bond donors (Lipinski definition) is 5. The summed E-state index contributed by atoms with van der Waals surface area (Å²) in [5.74, 6) is -6.65. The molecule has 1 aliphatic carbocycles. The Hall–Kier alpha value is -4.58. The first kappa shape index (κ1) is 30.4. The van der Waals surface area contributed by atoms with E-state index in [0.29, 0.717) is 19.2 Å². The molecule has 3 aromatic rings. The van der Waals surface area contributed by atoms with Gasteiger partial charge in [0, 0.05) is 50.2 Å². The van der Waals surface area contributed by atoms with E-state index in [9.17, 15) is 44.0 Å². The molecule has 3 fully saturated rings. The molecule has 0 radical (unpaired) electrons. The van der Waals surface area contributed by atoms with Gasteiger partial charge in [0.2, 0.25) is 17.6 Å². The number of carboxylic acid groups (broad SMARTS) is 1. The van der Waals surface area contributed by atoms with Crippen LogP contribution in [0.1, 0.15) is 17.3 Å². The van der Waals surface area contributed by atoms with Crippen molar-refractivity contribution in [1.29, 1.82) is 0 Å². The topological polar surface area (TPSA) is 201 Å². The molecule has 1 saturated carbocycles. The van der Waals surface area contributed by atoms with Crippen molar-refractivity contribution in [2.75, 3.05) is 18.0 Å². The molecule has 4 heterocycles. The van der Waals surface area contributed by atoms with E-state index in [4.69, 9.17) is 9.47 Å². The normalized spacial score (nSPS) is 28.9. The molecule has 14 nitrogen and oxygen atoms in total. The molecule has 2 saturated heterocycles. The number of esters is 1. The summed E-state index contributed by atoms with van der Waals surface area (Å²) in [7, 11) is 0. The highest BCUT2D eigenvalue weighted by molar-refractivity contribution is 5.94. The zero-order valence-corrected chi connectivity index (χ0v) is 23.1. The van der Waals surface area contributed by atoms with E-state index in [1.54, 1.807) is 4.90 Å². The number of ether oxygens (including phenoxy) is 2. The van der Waals surface area contributed by atoms with Crippen LogP contribution in [0, 0.1) is 29.3 Å². The number of aliphatic hydroxyl groups excluding tert-OH is 3. The molecule has 2 aliphatic heterocycles. The average Bonchev–Trinajstić information content (AvgIpc) is 3.38. The molecule has 238 valence electrons. The highest BCUT2D eigenvalue weighted by atomic mass is 19.1. The molecule has 6 rings (SSSR count). The van der Waals surface area contributed by atoms with E-state index in [0.717, 1.165) is 29.0 Å². The van der Waals surface area contributed by atoms with Crippen LogP contribution >= 0.6 is 0 Å². The van der Waals surface area contributed by atoms with Crippen molar-refractivity contribution in [3.63, 3.8) is 0 Å². The molecule has 8 atom stereocenters. The minimum absolute atomic E-state index is 0.0393. The maximum absolute atomic E-state index is 15.5. The predicted molar refractivity (Wildman–Crippen MR) is 144 cm³/mol. The summed E-state index contributed by atoms with van der Waals surface area (Å²) in [5.41, 5.74) is -2.73. The van der Waals surface area contributed by atoms with Crippen LogP contribution in [-0.4, -0.2) is 97.7 Å². The summed E-state index contributed by atoms with van der Waals surface area (Å²) >= 11 is 0. The van der Waals surface area contributed by atoms with E-state index in [1.807, 2.05) is 0 Å². The molecule has 0 spiro atoms. The van der Waals surface area contributed by atoms with Crippen LogP contribution in [0.3, 0.4) is 0 Å². The SMILES string of the molecule is CC(=O)NC1[C@H]2CN(c3nc4c(cc3F)c(=O)c(C(=O)O[C@@H]3O[C@H](C(=O)O)[C@@H](O)[C@H](O)[C@H]3O)cn4-c3ccc(F)cc3F)C[C@@H]12. The zero-order valence-electron chi connectivity index (χ0n) is 23.1. The smallest absolute Gasteiger partial charge is 0.346 e. The van der Waals surface area contributed by atoms with Gasteiger partial charge in [-0.25, -0.2) is 27.7 Å². The molecule has 45 heavy (non-hydrogen) atoms. The Labute approximate surface area is 250 Å². The van der Waals surface area contributed by atoms with Crippen molar-refractivity contribution >= 4 is 34.7 Å². The summed E-state index contributed by atoms with van der Waals surface area (Å²) in [6.07, 6.45) is -9.86. The number of halogens is 3. The number of fused-ring (bicyclic) bond motifs is 2. The monoisotopic (exact) mass is 634 g/mol. The third-order valence-corrected chi connectivity index (χ3v) is 8.20. The Morgan fingerprint density at radius 1 is 1.02 bits per heavy atom. The molecule has 1 unspecified atom stereocenters. The van der Waals surface area contributed by atoms with Crippen LogP contribution in [0.2, 0.25) is 0 Å². The summed E-state index contributed by atoms with van der Waals surface area (Å²) in [5, 5.41) is 41.7. The maximum atomic E-state index is 15.5. The molecule has 0 bridgehead atoms. The number of nitrogens with one attached hydrogen (secondary N) is 1. The summed E-state index contributed by atoms with van der Waals surface area (Å²) < 4.78 is 55.1. The van der Waals surface area contributed by atoms with Crippen molar-refractivity contribution < 1.29 is 57.5 Å². The molecular weight excluding hydrogens is 609 g/mol. The maximum Gasteiger partial charge on any atom is 0.346 e. The Bertz CT molecular complexity index is 1790. The van der Waals surface area contributed by atoms with Gasteiger partial charge in [0.15, 0.2) is 23.4 Å². The number of nitrogens with zero attached hydrogens (tertiary/aromatic N) is 3. The molecule has 1 aromatic carbocycles. The number of aliphatic carboxylic acids is 1. The van der Waals surface area contributed by atoms with Gasteiger partial charge in [-0.05, 0) is 18.2 Å². The molecular formula is C28H25F3N4O10. The van der Waals surface area contributed by atoms with E-state index >= 15 is 8.78 Å². The number of carbonyl (C=O) groups excluding carboxylic acids is 2. The Kier molecular flexibility index (Phi) is 7.51. The van der Waals surface area contributed by atoms with Gasteiger partial charge in [-0.3, -0.25) is 14.2 Å². The summed E-state index contributed by atoms with van der Waals surface area (Å²) in [4.78, 5) is 55.4. The standard InChI is InChI=1S/C28H25F3N4O10/c1-9(36)32-18-12-6-34(7-13(12)18)25-16(31)5-11-19(37)14(8-35(24(11)33-25)17-3-2-10(29)4-15(17)30)27(43)45-28-22(40)20(38)21(39)23(44-28)26(41)42/h2-5,8,12-13,18,20-23,28,38-40H,6-7H2,1H3,(H,32,36)(H,41,42)/t12-,13+,18?,20-,21-,22+,23-,28-/m0/s1. The second-order valence-corrected chi connectivity index (χ2v) is 11.1. The van der Waals surface area contributed by atoms with E-state index < -0.39 is 82.2 Å². The first-order valence-corrected chi connectivity index (χ1v) is 13.6. The minimum atomic E-state index is -2.18. The van der Waals surface area contributed by atoms with Gasteiger partial charge in [0.1, 0.15) is 35.5 Å². The second-order valence-electron chi connectivity index (χ2n) is 11.1. The molecule has 3 aliphatic rings. The number of rotatable bonds is 6. The van der Waals surface area contributed by atoms with Gasteiger partial charge in [0.25, 0.3) is 0 Å². The fraction of sp³-hybridized carbons (Fsp3) is 0.393. The average molecular weight is 635 g/mol. The first-order chi connectivity index (χ1) is 21.3. The van der Waals surface area contributed by atoms with Gasteiger partial charge in [-0.2, -0.15) is 0 Å². The molecule has 17 heteroatoms. The summed E-state index contributed by atoms with van der Waals surface area (Å²) in [6, 6.07) is 3.13. The van der Waals surface area contributed by atoms with Crippen LogP contribution in [0.15, 0.2) is 35.3 Å².